The molecule has 0 aliphatic carbocycles. The van der Waals surface area contributed by atoms with Gasteiger partial charge in [0.1, 0.15) is 6.33 Å². The second-order valence-corrected chi connectivity index (χ2v) is 7.51. The van der Waals surface area contributed by atoms with Gasteiger partial charge in [0, 0.05) is 25.2 Å². The molecule has 0 atom stereocenters. The zero-order chi connectivity index (χ0) is 18.3. The fourth-order valence-corrected chi connectivity index (χ4v) is 3.62. The fourth-order valence-electron chi connectivity index (χ4n) is 3.62. The molecule has 0 saturated carbocycles. The van der Waals surface area contributed by atoms with Crippen LogP contribution < -0.4 is 10.6 Å². The number of aromatic nitrogens is 3. The van der Waals surface area contributed by atoms with Crippen LogP contribution in [0.15, 0.2) is 36.8 Å². The minimum absolute atomic E-state index is 0.143. The van der Waals surface area contributed by atoms with Crippen molar-refractivity contribution >= 4 is 11.2 Å². The first-order chi connectivity index (χ1) is 12.5. The molecule has 0 radical (unpaired) electrons. The summed E-state index contributed by atoms with van der Waals surface area (Å²) in [7, 11) is 0. The van der Waals surface area contributed by atoms with E-state index in [1.165, 1.54) is 5.56 Å². The molecule has 2 N–H and O–H groups in total. The van der Waals surface area contributed by atoms with Crippen LogP contribution in [-0.2, 0) is 11.3 Å². The highest BCUT2D eigenvalue weighted by atomic mass is 16.5. The molecule has 1 aliphatic heterocycles. The molecule has 0 bridgehead atoms. The number of aryl methyl sites for hydroxylation is 1. The molecule has 1 saturated heterocycles. The number of rotatable bonds is 3. The van der Waals surface area contributed by atoms with Crippen LogP contribution in [0.1, 0.15) is 25.0 Å². The number of nitrogens with zero attached hydrogens (tertiary/aromatic N) is 4. The van der Waals surface area contributed by atoms with Crippen molar-refractivity contribution < 1.29 is 4.74 Å². The quantitative estimate of drug-likeness (QED) is 0.786. The number of anilines is 1. The topological polar surface area (TPSA) is 68.7 Å². The average Bonchev–Trinajstić information content (AvgIpc) is 3.05. The van der Waals surface area contributed by atoms with Crippen LogP contribution in [0.3, 0.4) is 0 Å². The van der Waals surface area contributed by atoms with E-state index >= 15 is 0 Å². The molecule has 6 nitrogen and oxygen atoms in total. The average molecular weight is 351 g/mol. The first kappa shape index (κ1) is 17.0. The lowest BCUT2D eigenvalue weighted by Crippen LogP contribution is -2.48. The van der Waals surface area contributed by atoms with Crippen LogP contribution >= 0.6 is 0 Å². The molecule has 2 aromatic heterocycles. The van der Waals surface area contributed by atoms with E-state index in [2.05, 4.69) is 66.2 Å². The molecule has 26 heavy (non-hydrogen) atoms. The van der Waals surface area contributed by atoms with E-state index in [1.807, 2.05) is 4.52 Å². The molecule has 136 valence electrons. The first-order valence-corrected chi connectivity index (χ1v) is 8.99. The van der Waals surface area contributed by atoms with Gasteiger partial charge in [-0.2, -0.15) is 5.10 Å². The number of morpholine rings is 1. The Balaban J connectivity index is 1.75. The standard InChI is InChI=1S/C20H25N5O/c1-14-8-15(4-5-16(14)10-21)19-18-9-17(11-25(18)23-13-22-19)24-6-7-26-20(2,3)12-24/h4-5,8-9,11,13H,6-7,10,12,21H2,1-3H3. The SMILES string of the molecule is Cc1cc(-c2ncnn3cc(N4CCOC(C)(C)C4)cc23)ccc1CN. The van der Waals surface area contributed by atoms with Gasteiger partial charge in [-0.25, -0.2) is 9.50 Å². The van der Waals surface area contributed by atoms with Crippen molar-refractivity contribution in [3.8, 4) is 11.3 Å². The molecular weight excluding hydrogens is 326 g/mol. The molecule has 0 unspecified atom stereocenters. The van der Waals surface area contributed by atoms with E-state index in [1.54, 1.807) is 6.33 Å². The van der Waals surface area contributed by atoms with Crippen LogP contribution in [0.4, 0.5) is 5.69 Å². The van der Waals surface area contributed by atoms with Crippen LogP contribution in [0.2, 0.25) is 0 Å². The zero-order valence-corrected chi connectivity index (χ0v) is 15.6. The summed E-state index contributed by atoms with van der Waals surface area (Å²) in [5, 5.41) is 4.40. The summed E-state index contributed by atoms with van der Waals surface area (Å²) >= 11 is 0. The van der Waals surface area contributed by atoms with Gasteiger partial charge in [-0.05, 0) is 44.0 Å². The Morgan fingerprint density at radius 3 is 2.85 bits per heavy atom. The predicted molar refractivity (Wildman–Crippen MR) is 103 cm³/mol. The maximum Gasteiger partial charge on any atom is 0.137 e. The van der Waals surface area contributed by atoms with Crippen LogP contribution in [0.25, 0.3) is 16.8 Å². The number of nitrogens with two attached hydrogens (primary N) is 1. The van der Waals surface area contributed by atoms with Gasteiger partial charge < -0.3 is 15.4 Å². The Labute approximate surface area is 153 Å². The Morgan fingerprint density at radius 2 is 2.12 bits per heavy atom. The van der Waals surface area contributed by atoms with E-state index in [4.69, 9.17) is 10.5 Å². The van der Waals surface area contributed by atoms with Crippen molar-refractivity contribution in [2.45, 2.75) is 32.9 Å². The third-order valence-corrected chi connectivity index (χ3v) is 5.02. The predicted octanol–water partition coefficient (Wildman–Crippen LogP) is 2.78. The van der Waals surface area contributed by atoms with Gasteiger partial charge in [-0.3, -0.25) is 0 Å². The van der Waals surface area contributed by atoms with Gasteiger partial charge in [-0.1, -0.05) is 12.1 Å². The largest absolute Gasteiger partial charge is 0.372 e. The zero-order valence-electron chi connectivity index (χ0n) is 15.6. The van der Waals surface area contributed by atoms with Crippen molar-refractivity contribution in [3.63, 3.8) is 0 Å². The summed E-state index contributed by atoms with van der Waals surface area (Å²) in [6, 6.07) is 8.48. The Bertz CT molecular complexity index is 947. The molecule has 3 heterocycles. The van der Waals surface area contributed by atoms with Gasteiger partial charge in [0.05, 0.1) is 35.3 Å². The van der Waals surface area contributed by atoms with Crippen molar-refractivity contribution in [2.75, 3.05) is 24.6 Å². The highest BCUT2D eigenvalue weighted by Crippen LogP contribution is 2.30. The fraction of sp³-hybridized carbons (Fsp3) is 0.400. The highest BCUT2D eigenvalue weighted by Gasteiger charge is 2.28. The third kappa shape index (κ3) is 3.06. The van der Waals surface area contributed by atoms with E-state index in [9.17, 15) is 0 Å². The molecule has 3 aromatic rings. The van der Waals surface area contributed by atoms with Crippen LogP contribution in [0.5, 0.6) is 0 Å². The van der Waals surface area contributed by atoms with Crippen LogP contribution in [0, 0.1) is 6.92 Å². The Morgan fingerprint density at radius 1 is 1.27 bits per heavy atom. The summed E-state index contributed by atoms with van der Waals surface area (Å²) in [4.78, 5) is 6.91. The van der Waals surface area contributed by atoms with E-state index in [-0.39, 0.29) is 5.60 Å². The summed E-state index contributed by atoms with van der Waals surface area (Å²) in [6.07, 6.45) is 3.69. The number of hydrogen-bond donors (Lipinski definition) is 1. The van der Waals surface area contributed by atoms with E-state index in [0.29, 0.717) is 6.54 Å². The second kappa shape index (κ2) is 6.37. The van der Waals surface area contributed by atoms with E-state index in [0.717, 1.165) is 47.7 Å². The van der Waals surface area contributed by atoms with Gasteiger partial charge in [0.2, 0.25) is 0 Å². The van der Waals surface area contributed by atoms with Gasteiger partial charge in [-0.15, -0.1) is 0 Å². The molecule has 4 rings (SSSR count). The molecule has 1 fully saturated rings. The number of fused-ring (bicyclic) bond motifs is 1. The molecular formula is C20H25N5O. The lowest BCUT2D eigenvalue weighted by atomic mass is 10.0. The Hall–Kier alpha value is -2.44. The summed E-state index contributed by atoms with van der Waals surface area (Å²) in [6.45, 7) is 9.36. The lowest BCUT2D eigenvalue weighted by molar-refractivity contribution is -0.0276. The highest BCUT2D eigenvalue weighted by molar-refractivity contribution is 5.80. The maximum atomic E-state index is 5.83. The number of ether oxygens (including phenoxy) is 1. The molecule has 1 aromatic carbocycles. The van der Waals surface area contributed by atoms with Gasteiger partial charge >= 0.3 is 0 Å². The number of benzene rings is 1. The third-order valence-electron chi connectivity index (χ3n) is 5.02. The minimum atomic E-state index is -0.143. The molecule has 1 aliphatic rings. The van der Waals surface area contributed by atoms with Crippen molar-refractivity contribution in [3.05, 3.63) is 47.9 Å². The summed E-state index contributed by atoms with van der Waals surface area (Å²) in [5.41, 5.74) is 12.2. The van der Waals surface area contributed by atoms with Crippen molar-refractivity contribution in [1.29, 1.82) is 0 Å². The van der Waals surface area contributed by atoms with E-state index < -0.39 is 0 Å². The van der Waals surface area contributed by atoms with Gasteiger partial charge in [0.15, 0.2) is 0 Å². The first-order valence-electron chi connectivity index (χ1n) is 8.99. The molecule has 0 amide bonds. The lowest BCUT2D eigenvalue weighted by Gasteiger charge is -2.38. The minimum Gasteiger partial charge on any atom is -0.372 e. The smallest absolute Gasteiger partial charge is 0.137 e. The van der Waals surface area contributed by atoms with Crippen molar-refractivity contribution in [1.82, 2.24) is 14.6 Å². The Kier molecular flexibility index (Phi) is 4.17. The summed E-state index contributed by atoms with van der Waals surface area (Å²) < 4.78 is 7.74. The second-order valence-electron chi connectivity index (χ2n) is 7.51. The van der Waals surface area contributed by atoms with Gasteiger partial charge in [0.25, 0.3) is 0 Å². The van der Waals surface area contributed by atoms with Crippen molar-refractivity contribution in [2.24, 2.45) is 5.73 Å². The monoisotopic (exact) mass is 351 g/mol. The van der Waals surface area contributed by atoms with Crippen LogP contribution in [-0.4, -0.2) is 39.9 Å². The molecule has 6 heteroatoms. The maximum absolute atomic E-state index is 5.83. The molecule has 0 spiro atoms. The summed E-state index contributed by atoms with van der Waals surface area (Å²) in [5.74, 6) is 0. The number of hydrogen-bond acceptors (Lipinski definition) is 5. The normalized spacial score (nSPS) is 17.0.